The summed E-state index contributed by atoms with van der Waals surface area (Å²) in [5.41, 5.74) is 3.46. The first-order valence-electron chi connectivity index (χ1n) is 12.8. The standard InChI is InChI=1S/C29H22BrNO7S2/c30-18-6-9-20-16(13-18)5-8-22-26(21-10-7-19(39(32,33)34)15-25(21)40(35,36)37)24-14-17-3-1-11-31-12-2-4-23(27(17)31)29(24)38-28(20)22/h5-10,13-15H,1-4,11-12H2,(H-,32,33,34,35,36,37)/p+1. The van der Waals surface area contributed by atoms with Crippen LogP contribution in [0, 0.1) is 0 Å². The van der Waals surface area contributed by atoms with E-state index in [0.29, 0.717) is 27.9 Å². The zero-order valence-electron chi connectivity index (χ0n) is 21.0. The first kappa shape index (κ1) is 25.8. The van der Waals surface area contributed by atoms with Crippen molar-refractivity contribution in [1.29, 1.82) is 0 Å². The lowest BCUT2D eigenvalue weighted by atomic mass is 9.86. The summed E-state index contributed by atoms with van der Waals surface area (Å²) in [6.07, 6.45) is 3.62. The largest absolute Gasteiger partial charge is 0.455 e. The smallest absolute Gasteiger partial charge is 0.295 e. The summed E-state index contributed by atoms with van der Waals surface area (Å²) in [5, 5.41) is 3.61. The molecule has 3 aliphatic heterocycles. The molecule has 4 aromatic carbocycles. The third kappa shape index (κ3) is 4.02. The van der Waals surface area contributed by atoms with Gasteiger partial charge in [0.05, 0.1) is 10.5 Å². The molecule has 0 atom stereocenters. The predicted octanol–water partition coefficient (Wildman–Crippen LogP) is 3.83. The lowest BCUT2D eigenvalue weighted by molar-refractivity contribution is 0.440. The fourth-order valence-electron chi connectivity index (χ4n) is 6.33. The van der Waals surface area contributed by atoms with E-state index in [1.807, 2.05) is 36.4 Å². The first-order chi connectivity index (χ1) is 19.0. The van der Waals surface area contributed by atoms with E-state index in [1.54, 1.807) is 0 Å². The van der Waals surface area contributed by atoms with Crippen molar-refractivity contribution >= 4 is 52.5 Å². The highest BCUT2D eigenvalue weighted by Crippen LogP contribution is 2.44. The van der Waals surface area contributed by atoms with Crippen LogP contribution in [0.15, 0.2) is 68.9 Å². The van der Waals surface area contributed by atoms with E-state index >= 15 is 0 Å². The molecule has 3 heterocycles. The number of benzene rings is 4. The summed E-state index contributed by atoms with van der Waals surface area (Å²) in [4.78, 5) is -1.24. The fourth-order valence-corrected chi connectivity index (χ4v) is 8.02. The Balaban J connectivity index is 1.68. The average Bonchev–Trinajstić information content (AvgIpc) is 2.91. The molecule has 4 aromatic rings. The Morgan fingerprint density at radius 2 is 1.55 bits per heavy atom. The van der Waals surface area contributed by atoms with E-state index in [9.17, 15) is 25.9 Å². The molecule has 11 heteroatoms. The third-order valence-electron chi connectivity index (χ3n) is 7.95. The highest BCUT2D eigenvalue weighted by molar-refractivity contribution is 9.10. The van der Waals surface area contributed by atoms with Crippen molar-refractivity contribution in [3.05, 3.63) is 91.9 Å². The van der Waals surface area contributed by atoms with Gasteiger partial charge in [0.25, 0.3) is 20.2 Å². The molecule has 3 aliphatic rings. The average molecular weight is 642 g/mol. The summed E-state index contributed by atoms with van der Waals surface area (Å²) in [5.74, 6) is 1.19. The van der Waals surface area contributed by atoms with Gasteiger partial charge < -0.3 is 4.74 Å². The van der Waals surface area contributed by atoms with Crippen LogP contribution < -0.4 is 19.9 Å². The molecule has 0 radical (unpaired) electrons. The Morgan fingerprint density at radius 3 is 2.30 bits per heavy atom. The van der Waals surface area contributed by atoms with E-state index < -0.39 is 30.0 Å². The third-order valence-corrected chi connectivity index (χ3v) is 10.2. The van der Waals surface area contributed by atoms with Crippen LogP contribution in [0.4, 0.5) is 0 Å². The maximum Gasteiger partial charge on any atom is 0.295 e. The van der Waals surface area contributed by atoms with Gasteiger partial charge in [0.1, 0.15) is 29.5 Å². The number of hydrogen-bond donors (Lipinski definition) is 2. The summed E-state index contributed by atoms with van der Waals surface area (Å²) in [6, 6.07) is 14.9. The molecule has 2 N–H and O–H groups in total. The molecule has 0 saturated carbocycles. The van der Waals surface area contributed by atoms with E-state index in [0.717, 1.165) is 77.3 Å². The molecule has 0 aromatic heterocycles. The maximum absolute atomic E-state index is 12.7. The van der Waals surface area contributed by atoms with Crippen LogP contribution in [0.5, 0.6) is 11.5 Å². The van der Waals surface area contributed by atoms with E-state index in [-0.39, 0.29) is 5.56 Å². The Bertz CT molecular complexity index is 2150. The van der Waals surface area contributed by atoms with Gasteiger partial charge in [-0.1, -0.05) is 28.1 Å². The number of aryl methyl sites for hydroxylation is 1. The number of ether oxygens (including phenoxy) is 1. The number of fused-ring (bicyclic) bond motifs is 5. The monoisotopic (exact) mass is 640 g/mol. The van der Waals surface area contributed by atoms with Crippen molar-refractivity contribution in [2.75, 3.05) is 13.1 Å². The van der Waals surface area contributed by atoms with Crippen LogP contribution >= 0.6 is 15.9 Å². The molecule has 0 saturated heterocycles. The van der Waals surface area contributed by atoms with Gasteiger partial charge in [-0.05, 0) is 60.7 Å². The number of halogens is 1. The van der Waals surface area contributed by atoms with E-state index in [2.05, 4.69) is 20.5 Å². The Morgan fingerprint density at radius 1 is 0.800 bits per heavy atom. The van der Waals surface area contributed by atoms with Crippen LogP contribution in [-0.2, 0) is 33.1 Å². The lowest BCUT2D eigenvalue weighted by Gasteiger charge is -2.27. The Hall–Kier alpha value is -3.09. The zero-order chi connectivity index (χ0) is 28.0. The highest BCUT2D eigenvalue weighted by atomic mass is 79.9. The van der Waals surface area contributed by atoms with Gasteiger partial charge in [0.15, 0.2) is 0 Å². The molecule has 0 bridgehead atoms. The molecule has 0 fully saturated rings. The molecule has 0 amide bonds. The molecule has 7 rings (SSSR count). The molecule has 0 spiro atoms. The first-order valence-corrected chi connectivity index (χ1v) is 16.5. The lowest BCUT2D eigenvalue weighted by Crippen LogP contribution is -2.45. The van der Waals surface area contributed by atoms with Gasteiger partial charge in [0.2, 0.25) is 5.36 Å². The number of nitrogens with zero attached hydrogens (tertiary/aromatic N) is 1. The summed E-state index contributed by atoms with van der Waals surface area (Å²) in [6.45, 7) is 1.93. The van der Waals surface area contributed by atoms with Crippen molar-refractivity contribution in [1.82, 2.24) is 4.58 Å². The molecule has 8 nitrogen and oxygen atoms in total. The molecule has 0 aliphatic carbocycles. The Kier molecular flexibility index (Phi) is 5.79. The van der Waals surface area contributed by atoms with Crippen LogP contribution in [0.25, 0.3) is 16.3 Å². The molecular weight excluding hydrogens is 618 g/mol. The van der Waals surface area contributed by atoms with Gasteiger partial charge in [0, 0.05) is 50.2 Å². The van der Waals surface area contributed by atoms with E-state index in [4.69, 9.17) is 4.74 Å². The highest BCUT2D eigenvalue weighted by Gasteiger charge is 2.33. The minimum Gasteiger partial charge on any atom is -0.455 e. The zero-order valence-corrected chi connectivity index (χ0v) is 24.2. The second-order valence-corrected chi connectivity index (χ2v) is 14.1. The van der Waals surface area contributed by atoms with Gasteiger partial charge >= 0.3 is 0 Å². The fraction of sp³-hybridized carbons (Fsp3) is 0.207. The topological polar surface area (TPSA) is 121 Å². The second kappa shape index (κ2) is 8.95. The number of rotatable bonds is 3. The van der Waals surface area contributed by atoms with Crippen molar-refractivity contribution in [3.63, 3.8) is 0 Å². The normalized spacial score (nSPS) is 16.3. The maximum atomic E-state index is 12.7. The van der Waals surface area contributed by atoms with Gasteiger partial charge in [-0.3, -0.25) is 9.11 Å². The minimum atomic E-state index is -4.90. The van der Waals surface area contributed by atoms with Crippen LogP contribution in [0.3, 0.4) is 0 Å². The Labute approximate surface area is 238 Å². The van der Waals surface area contributed by atoms with Crippen molar-refractivity contribution in [3.8, 4) is 11.5 Å². The van der Waals surface area contributed by atoms with Crippen molar-refractivity contribution in [2.24, 2.45) is 0 Å². The van der Waals surface area contributed by atoms with Crippen LogP contribution in [-0.4, -0.2) is 39.0 Å². The minimum absolute atomic E-state index is 0.118. The number of hydrogen-bond acceptors (Lipinski definition) is 5. The molecule has 0 unspecified atom stereocenters. The van der Waals surface area contributed by atoms with Gasteiger partial charge in [-0.15, -0.1) is 0 Å². The summed E-state index contributed by atoms with van der Waals surface area (Å²) in [7, 11) is -9.63. The predicted molar refractivity (Wildman–Crippen MR) is 153 cm³/mol. The molecule has 204 valence electrons. The van der Waals surface area contributed by atoms with Crippen LogP contribution in [0.1, 0.15) is 35.1 Å². The molecule has 40 heavy (non-hydrogen) atoms. The van der Waals surface area contributed by atoms with E-state index in [1.165, 1.54) is 11.4 Å². The summed E-state index contributed by atoms with van der Waals surface area (Å²) >= 11 is 3.52. The van der Waals surface area contributed by atoms with Gasteiger partial charge in [-0.2, -0.15) is 16.8 Å². The second-order valence-electron chi connectivity index (χ2n) is 10.3. The van der Waals surface area contributed by atoms with Crippen molar-refractivity contribution < 1.29 is 30.7 Å². The SMILES string of the molecule is O=S(=O)(O)c1ccc(C2=c3cc4c5c(c3Oc3c2ccc2cc(Br)ccc32)CCC[N+]=5CCC4)c(S(=O)(=O)O)c1. The van der Waals surface area contributed by atoms with Crippen molar-refractivity contribution in [2.45, 2.75) is 35.5 Å². The quantitative estimate of drug-likeness (QED) is 0.227. The summed E-state index contributed by atoms with van der Waals surface area (Å²) < 4.78 is 79.1. The van der Waals surface area contributed by atoms with Gasteiger partial charge in [-0.25, -0.2) is 4.58 Å². The van der Waals surface area contributed by atoms with Crippen LogP contribution in [0.2, 0.25) is 0 Å². The molecular formula is C29H23BrNO7S2+.